The van der Waals surface area contributed by atoms with E-state index < -0.39 is 0 Å². The highest BCUT2D eigenvalue weighted by atomic mass is 32.2. The fraction of sp³-hybridized carbons (Fsp3) is 0.667. The van der Waals surface area contributed by atoms with Gasteiger partial charge in [-0.1, -0.05) is 20.8 Å². The van der Waals surface area contributed by atoms with E-state index in [2.05, 4.69) is 43.1 Å². The van der Waals surface area contributed by atoms with Crippen molar-refractivity contribution in [1.29, 1.82) is 0 Å². The molecule has 0 radical (unpaired) electrons. The van der Waals surface area contributed by atoms with Crippen LogP contribution in [-0.4, -0.2) is 36.1 Å². The van der Waals surface area contributed by atoms with Gasteiger partial charge in [0.2, 0.25) is 0 Å². The number of nitrogens with one attached hydrogen (secondary N) is 1. The van der Waals surface area contributed by atoms with Crippen LogP contribution in [-0.2, 0) is 6.54 Å². The summed E-state index contributed by atoms with van der Waals surface area (Å²) in [5, 5.41) is 3.41. The van der Waals surface area contributed by atoms with Crippen LogP contribution >= 0.6 is 11.8 Å². The summed E-state index contributed by atoms with van der Waals surface area (Å²) in [4.78, 5) is 7.28. The van der Waals surface area contributed by atoms with Gasteiger partial charge in [0, 0.05) is 36.8 Å². The SMILES string of the molecule is CCNCc1cc(C(C)C)nc(N2CCSCC2)c1. The largest absolute Gasteiger partial charge is 0.355 e. The monoisotopic (exact) mass is 279 g/mol. The summed E-state index contributed by atoms with van der Waals surface area (Å²) in [6.07, 6.45) is 0. The van der Waals surface area contributed by atoms with E-state index in [1.165, 1.54) is 28.6 Å². The predicted molar refractivity (Wildman–Crippen MR) is 85.2 cm³/mol. The molecular weight excluding hydrogens is 254 g/mol. The molecule has 0 saturated carbocycles. The minimum atomic E-state index is 0.486. The van der Waals surface area contributed by atoms with Gasteiger partial charge in [0.15, 0.2) is 0 Å². The van der Waals surface area contributed by atoms with Crippen molar-refractivity contribution < 1.29 is 0 Å². The van der Waals surface area contributed by atoms with Crippen LogP contribution < -0.4 is 10.2 Å². The average molecular weight is 279 g/mol. The van der Waals surface area contributed by atoms with Crippen molar-refractivity contribution in [3.8, 4) is 0 Å². The molecule has 0 spiro atoms. The molecule has 0 unspecified atom stereocenters. The Kier molecular flexibility index (Phi) is 5.52. The van der Waals surface area contributed by atoms with E-state index in [4.69, 9.17) is 4.98 Å². The summed E-state index contributed by atoms with van der Waals surface area (Å²) < 4.78 is 0. The topological polar surface area (TPSA) is 28.2 Å². The standard InChI is InChI=1S/C15H25N3S/c1-4-16-11-13-9-14(12(2)3)17-15(10-13)18-5-7-19-8-6-18/h9-10,12,16H,4-8,11H2,1-3H3. The molecule has 3 nitrogen and oxygen atoms in total. The van der Waals surface area contributed by atoms with Crippen LogP contribution in [0, 0.1) is 0 Å². The van der Waals surface area contributed by atoms with E-state index in [1.54, 1.807) is 0 Å². The third kappa shape index (κ3) is 4.11. The van der Waals surface area contributed by atoms with Crippen LogP contribution in [0.2, 0.25) is 0 Å². The molecule has 1 saturated heterocycles. The maximum atomic E-state index is 4.85. The molecule has 0 bridgehead atoms. The summed E-state index contributed by atoms with van der Waals surface area (Å²) in [6, 6.07) is 4.50. The van der Waals surface area contributed by atoms with Crippen molar-refractivity contribution in [1.82, 2.24) is 10.3 Å². The molecule has 0 amide bonds. The summed E-state index contributed by atoms with van der Waals surface area (Å²) >= 11 is 2.04. The number of hydrogen-bond acceptors (Lipinski definition) is 4. The number of anilines is 1. The van der Waals surface area contributed by atoms with Gasteiger partial charge in [0.05, 0.1) is 0 Å². The van der Waals surface area contributed by atoms with E-state index in [0.29, 0.717) is 5.92 Å². The molecule has 1 aromatic rings. The van der Waals surface area contributed by atoms with Crippen molar-refractivity contribution in [2.75, 3.05) is 36.0 Å². The molecular formula is C15H25N3S. The molecule has 2 heterocycles. The molecule has 1 N–H and O–H groups in total. The fourth-order valence-corrected chi connectivity index (χ4v) is 3.12. The van der Waals surface area contributed by atoms with Crippen LogP contribution in [0.4, 0.5) is 5.82 Å². The molecule has 0 atom stereocenters. The minimum absolute atomic E-state index is 0.486. The summed E-state index contributed by atoms with van der Waals surface area (Å²) in [5.74, 6) is 4.09. The zero-order valence-corrected chi connectivity index (χ0v) is 13.1. The lowest BCUT2D eigenvalue weighted by atomic mass is 10.1. The smallest absolute Gasteiger partial charge is 0.129 e. The van der Waals surface area contributed by atoms with Crippen molar-refractivity contribution in [2.45, 2.75) is 33.2 Å². The van der Waals surface area contributed by atoms with Crippen molar-refractivity contribution in [3.05, 3.63) is 23.4 Å². The quantitative estimate of drug-likeness (QED) is 0.897. The van der Waals surface area contributed by atoms with Crippen molar-refractivity contribution in [3.63, 3.8) is 0 Å². The first-order chi connectivity index (χ1) is 9.20. The van der Waals surface area contributed by atoms with E-state index in [1.807, 2.05) is 11.8 Å². The second-order valence-corrected chi connectivity index (χ2v) is 6.52. The van der Waals surface area contributed by atoms with Crippen LogP contribution in [0.3, 0.4) is 0 Å². The summed E-state index contributed by atoms with van der Waals surface area (Å²) in [7, 11) is 0. The second-order valence-electron chi connectivity index (χ2n) is 5.29. The highest BCUT2D eigenvalue weighted by Crippen LogP contribution is 2.22. The fourth-order valence-electron chi connectivity index (χ4n) is 2.22. The van der Waals surface area contributed by atoms with Gasteiger partial charge in [-0.05, 0) is 30.2 Å². The lowest BCUT2D eigenvalue weighted by Gasteiger charge is -2.28. The van der Waals surface area contributed by atoms with Gasteiger partial charge in [-0.3, -0.25) is 0 Å². The highest BCUT2D eigenvalue weighted by molar-refractivity contribution is 7.99. The molecule has 1 aromatic heterocycles. The second kappa shape index (κ2) is 7.15. The van der Waals surface area contributed by atoms with E-state index in [0.717, 1.165) is 26.2 Å². The molecule has 0 aliphatic carbocycles. The lowest BCUT2D eigenvalue weighted by Crippen LogP contribution is -2.33. The molecule has 1 aliphatic heterocycles. The van der Waals surface area contributed by atoms with Gasteiger partial charge < -0.3 is 10.2 Å². The zero-order chi connectivity index (χ0) is 13.7. The Bertz CT molecular complexity index is 400. The predicted octanol–water partition coefficient (Wildman–Crippen LogP) is 2.87. The van der Waals surface area contributed by atoms with Gasteiger partial charge in [0.1, 0.15) is 5.82 Å². The minimum Gasteiger partial charge on any atom is -0.355 e. The van der Waals surface area contributed by atoms with Crippen LogP contribution in [0.5, 0.6) is 0 Å². The maximum Gasteiger partial charge on any atom is 0.129 e. The van der Waals surface area contributed by atoms with E-state index >= 15 is 0 Å². The van der Waals surface area contributed by atoms with Crippen LogP contribution in [0.15, 0.2) is 12.1 Å². The van der Waals surface area contributed by atoms with Gasteiger partial charge in [-0.15, -0.1) is 0 Å². The van der Waals surface area contributed by atoms with E-state index in [-0.39, 0.29) is 0 Å². The molecule has 1 aliphatic rings. The Labute approximate surface area is 121 Å². The van der Waals surface area contributed by atoms with E-state index in [9.17, 15) is 0 Å². The summed E-state index contributed by atoms with van der Waals surface area (Å²) in [5.41, 5.74) is 2.57. The molecule has 4 heteroatoms. The molecule has 1 fully saturated rings. The third-order valence-corrected chi connectivity index (χ3v) is 4.34. The number of hydrogen-bond donors (Lipinski definition) is 1. The van der Waals surface area contributed by atoms with Crippen molar-refractivity contribution >= 4 is 17.6 Å². The van der Waals surface area contributed by atoms with Gasteiger partial charge in [-0.2, -0.15) is 11.8 Å². The van der Waals surface area contributed by atoms with Gasteiger partial charge in [0.25, 0.3) is 0 Å². The first kappa shape index (κ1) is 14.7. The number of nitrogens with zero attached hydrogens (tertiary/aromatic N) is 2. The number of aromatic nitrogens is 1. The number of pyridine rings is 1. The lowest BCUT2D eigenvalue weighted by molar-refractivity contribution is 0.717. The van der Waals surface area contributed by atoms with Gasteiger partial charge >= 0.3 is 0 Å². The molecule has 106 valence electrons. The average Bonchev–Trinajstić information content (AvgIpc) is 2.45. The van der Waals surface area contributed by atoms with Crippen LogP contribution in [0.1, 0.15) is 37.9 Å². The first-order valence-electron chi connectivity index (χ1n) is 7.25. The Morgan fingerprint density at radius 3 is 2.68 bits per heavy atom. The van der Waals surface area contributed by atoms with Crippen LogP contribution in [0.25, 0.3) is 0 Å². The Hall–Kier alpha value is -0.740. The molecule has 2 rings (SSSR count). The van der Waals surface area contributed by atoms with Crippen molar-refractivity contribution in [2.24, 2.45) is 0 Å². The first-order valence-corrected chi connectivity index (χ1v) is 8.40. The van der Waals surface area contributed by atoms with Gasteiger partial charge in [-0.25, -0.2) is 4.98 Å². The number of thioether (sulfide) groups is 1. The number of rotatable bonds is 5. The Morgan fingerprint density at radius 1 is 1.32 bits per heavy atom. The Balaban J connectivity index is 2.22. The Morgan fingerprint density at radius 2 is 2.05 bits per heavy atom. The summed E-state index contributed by atoms with van der Waals surface area (Å²) in [6.45, 7) is 10.8. The zero-order valence-electron chi connectivity index (χ0n) is 12.3. The highest BCUT2D eigenvalue weighted by Gasteiger charge is 2.14. The maximum absolute atomic E-state index is 4.85. The third-order valence-electron chi connectivity index (χ3n) is 3.40. The molecule has 19 heavy (non-hydrogen) atoms. The molecule has 0 aromatic carbocycles. The normalized spacial score (nSPS) is 16.1.